The molecule has 0 aromatic rings. The molecule has 0 aromatic heterocycles. The van der Waals surface area contributed by atoms with Crippen molar-refractivity contribution in [1.82, 2.24) is 0 Å². The highest BCUT2D eigenvalue weighted by Gasteiger charge is 2.09. The standard InChI is InChI=1S/C10H22O/c1-6-10(7-8(2)3)11-9(4)5/h8-10H,6-7H2,1-5H3. The summed E-state index contributed by atoms with van der Waals surface area (Å²) in [7, 11) is 0. The van der Waals surface area contributed by atoms with Crippen LogP contribution in [0.1, 0.15) is 47.5 Å². The minimum atomic E-state index is 0.374. The predicted molar refractivity (Wildman–Crippen MR) is 49.8 cm³/mol. The summed E-state index contributed by atoms with van der Waals surface area (Å²) in [5.74, 6) is 0.749. The summed E-state index contributed by atoms with van der Waals surface area (Å²) < 4.78 is 5.71. The Balaban J connectivity index is 3.58. The van der Waals surface area contributed by atoms with E-state index in [0.29, 0.717) is 12.2 Å². The van der Waals surface area contributed by atoms with Crippen LogP contribution in [0, 0.1) is 5.92 Å². The normalized spacial score (nSPS) is 14.5. The maximum Gasteiger partial charge on any atom is 0.0578 e. The summed E-state index contributed by atoms with van der Waals surface area (Å²) in [6.07, 6.45) is 3.17. The van der Waals surface area contributed by atoms with Crippen LogP contribution >= 0.6 is 0 Å². The van der Waals surface area contributed by atoms with Crippen LogP contribution < -0.4 is 0 Å². The van der Waals surface area contributed by atoms with Gasteiger partial charge in [0.2, 0.25) is 0 Å². The summed E-state index contributed by atoms with van der Waals surface area (Å²) >= 11 is 0. The summed E-state index contributed by atoms with van der Waals surface area (Å²) in [5.41, 5.74) is 0. The zero-order valence-electron chi connectivity index (χ0n) is 8.55. The Morgan fingerprint density at radius 3 is 1.91 bits per heavy atom. The molecule has 0 saturated heterocycles. The maximum absolute atomic E-state index is 5.71. The smallest absolute Gasteiger partial charge is 0.0578 e. The van der Waals surface area contributed by atoms with E-state index in [9.17, 15) is 0 Å². The second-order valence-electron chi connectivity index (χ2n) is 3.84. The summed E-state index contributed by atoms with van der Waals surface area (Å²) in [6, 6.07) is 0. The number of hydrogen-bond acceptors (Lipinski definition) is 1. The average Bonchev–Trinajstić information content (AvgIpc) is 1.84. The van der Waals surface area contributed by atoms with Crippen molar-refractivity contribution in [3.05, 3.63) is 0 Å². The van der Waals surface area contributed by atoms with Crippen molar-refractivity contribution in [3.8, 4) is 0 Å². The van der Waals surface area contributed by atoms with Gasteiger partial charge in [-0.2, -0.15) is 0 Å². The molecule has 1 heteroatoms. The molecule has 0 aliphatic carbocycles. The van der Waals surface area contributed by atoms with Gasteiger partial charge >= 0.3 is 0 Å². The van der Waals surface area contributed by atoms with Gasteiger partial charge in [0.25, 0.3) is 0 Å². The molecule has 0 fully saturated rings. The molecule has 0 saturated carbocycles. The van der Waals surface area contributed by atoms with Crippen molar-refractivity contribution >= 4 is 0 Å². The summed E-state index contributed by atoms with van der Waals surface area (Å²) in [6.45, 7) is 10.9. The Hall–Kier alpha value is -0.0400. The largest absolute Gasteiger partial charge is 0.376 e. The van der Waals surface area contributed by atoms with Crippen molar-refractivity contribution < 1.29 is 4.74 Å². The molecule has 1 nitrogen and oxygen atoms in total. The van der Waals surface area contributed by atoms with E-state index < -0.39 is 0 Å². The molecule has 68 valence electrons. The molecule has 0 spiro atoms. The molecule has 0 N–H and O–H groups in total. The van der Waals surface area contributed by atoms with E-state index in [2.05, 4.69) is 34.6 Å². The van der Waals surface area contributed by atoms with E-state index in [-0.39, 0.29) is 0 Å². The number of hydrogen-bond donors (Lipinski definition) is 0. The van der Waals surface area contributed by atoms with Crippen LogP contribution in [-0.4, -0.2) is 12.2 Å². The van der Waals surface area contributed by atoms with Gasteiger partial charge in [0.05, 0.1) is 12.2 Å². The topological polar surface area (TPSA) is 9.23 Å². The first-order chi connectivity index (χ1) is 5.06. The van der Waals surface area contributed by atoms with Gasteiger partial charge in [0, 0.05) is 0 Å². The summed E-state index contributed by atoms with van der Waals surface area (Å²) in [4.78, 5) is 0. The first-order valence-electron chi connectivity index (χ1n) is 4.71. The zero-order valence-corrected chi connectivity index (χ0v) is 8.55. The van der Waals surface area contributed by atoms with Gasteiger partial charge in [0.1, 0.15) is 0 Å². The van der Waals surface area contributed by atoms with E-state index >= 15 is 0 Å². The van der Waals surface area contributed by atoms with Crippen molar-refractivity contribution in [3.63, 3.8) is 0 Å². The Labute approximate surface area is 71.1 Å². The van der Waals surface area contributed by atoms with Crippen LogP contribution in [0.4, 0.5) is 0 Å². The molecule has 0 aliphatic rings. The molecular weight excluding hydrogens is 136 g/mol. The molecular formula is C10H22O. The Bertz CT molecular complexity index is 76.9. The highest BCUT2D eigenvalue weighted by atomic mass is 16.5. The lowest BCUT2D eigenvalue weighted by Gasteiger charge is -2.20. The van der Waals surface area contributed by atoms with Crippen molar-refractivity contribution in [2.24, 2.45) is 5.92 Å². The van der Waals surface area contributed by atoms with Crippen LogP contribution in [0.25, 0.3) is 0 Å². The fraction of sp³-hybridized carbons (Fsp3) is 1.00. The van der Waals surface area contributed by atoms with E-state index in [0.717, 1.165) is 12.3 Å². The summed E-state index contributed by atoms with van der Waals surface area (Å²) in [5, 5.41) is 0. The first-order valence-corrected chi connectivity index (χ1v) is 4.71. The minimum Gasteiger partial charge on any atom is -0.376 e. The number of ether oxygens (including phenoxy) is 1. The molecule has 0 aromatic carbocycles. The lowest BCUT2D eigenvalue weighted by Crippen LogP contribution is -2.18. The third-order valence-electron chi connectivity index (χ3n) is 1.65. The van der Waals surface area contributed by atoms with Gasteiger partial charge < -0.3 is 4.74 Å². The van der Waals surface area contributed by atoms with Crippen LogP contribution in [0.2, 0.25) is 0 Å². The van der Waals surface area contributed by atoms with Crippen LogP contribution in [0.3, 0.4) is 0 Å². The molecule has 0 aliphatic heterocycles. The first kappa shape index (κ1) is 11.0. The minimum absolute atomic E-state index is 0.374. The van der Waals surface area contributed by atoms with Crippen molar-refractivity contribution in [2.75, 3.05) is 0 Å². The molecule has 0 radical (unpaired) electrons. The molecule has 1 unspecified atom stereocenters. The fourth-order valence-electron chi connectivity index (χ4n) is 1.23. The lowest BCUT2D eigenvalue weighted by atomic mass is 10.0. The predicted octanol–water partition coefficient (Wildman–Crippen LogP) is 3.24. The Morgan fingerprint density at radius 2 is 1.64 bits per heavy atom. The highest BCUT2D eigenvalue weighted by Crippen LogP contribution is 2.12. The Morgan fingerprint density at radius 1 is 1.09 bits per heavy atom. The van der Waals surface area contributed by atoms with E-state index in [4.69, 9.17) is 4.74 Å². The molecule has 0 amide bonds. The maximum atomic E-state index is 5.71. The van der Waals surface area contributed by atoms with E-state index in [1.54, 1.807) is 0 Å². The van der Waals surface area contributed by atoms with E-state index in [1.165, 1.54) is 6.42 Å². The molecule has 0 heterocycles. The van der Waals surface area contributed by atoms with Gasteiger partial charge in [-0.05, 0) is 32.6 Å². The van der Waals surface area contributed by atoms with E-state index in [1.807, 2.05) is 0 Å². The van der Waals surface area contributed by atoms with Crippen LogP contribution in [0.5, 0.6) is 0 Å². The van der Waals surface area contributed by atoms with Crippen molar-refractivity contribution in [2.45, 2.75) is 59.7 Å². The highest BCUT2D eigenvalue weighted by molar-refractivity contribution is 4.59. The van der Waals surface area contributed by atoms with Gasteiger partial charge in [-0.15, -0.1) is 0 Å². The van der Waals surface area contributed by atoms with Crippen molar-refractivity contribution in [1.29, 1.82) is 0 Å². The van der Waals surface area contributed by atoms with Crippen LogP contribution in [0.15, 0.2) is 0 Å². The third kappa shape index (κ3) is 6.36. The van der Waals surface area contributed by atoms with Gasteiger partial charge in [0.15, 0.2) is 0 Å². The fourth-order valence-corrected chi connectivity index (χ4v) is 1.23. The third-order valence-corrected chi connectivity index (χ3v) is 1.65. The quantitative estimate of drug-likeness (QED) is 0.597. The monoisotopic (exact) mass is 158 g/mol. The van der Waals surface area contributed by atoms with Gasteiger partial charge in [-0.1, -0.05) is 20.8 Å². The SMILES string of the molecule is CCC(CC(C)C)OC(C)C. The average molecular weight is 158 g/mol. The Kier molecular flexibility index (Phi) is 5.57. The van der Waals surface area contributed by atoms with Gasteiger partial charge in [-0.3, -0.25) is 0 Å². The number of rotatable bonds is 5. The zero-order chi connectivity index (χ0) is 8.85. The second-order valence-corrected chi connectivity index (χ2v) is 3.84. The molecule has 11 heavy (non-hydrogen) atoms. The molecule has 0 rings (SSSR count). The molecule has 1 atom stereocenters. The van der Waals surface area contributed by atoms with Gasteiger partial charge in [-0.25, -0.2) is 0 Å². The van der Waals surface area contributed by atoms with Crippen LogP contribution in [-0.2, 0) is 4.74 Å². The lowest BCUT2D eigenvalue weighted by molar-refractivity contribution is -0.00501. The molecule has 0 bridgehead atoms. The second kappa shape index (κ2) is 5.59.